The van der Waals surface area contributed by atoms with Crippen LogP contribution in [0.3, 0.4) is 0 Å². The minimum atomic E-state index is -0.138. The lowest BCUT2D eigenvalue weighted by Gasteiger charge is -2.28. The third-order valence-electron chi connectivity index (χ3n) is 3.66. The van der Waals surface area contributed by atoms with E-state index < -0.39 is 0 Å². The molecular weight excluding hydrogens is 288 g/mol. The number of hydrogen-bond donors (Lipinski definition) is 1. The zero-order valence-corrected chi connectivity index (χ0v) is 12.5. The Morgan fingerprint density at radius 1 is 1.43 bits per heavy atom. The third-order valence-corrected chi connectivity index (χ3v) is 4.71. The average Bonchev–Trinajstić information content (AvgIpc) is 3.01. The van der Waals surface area contributed by atoms with E-state index in [0.29, 0.717) is 12.3 Å². The largest absolute Gasteiger partial charge is 0.376 e. The molecule has 21 heavy (non-hydrogen) atoms. The summed E-state index contributed by atoms with van der Waals surface area (Å²) < 4.78 is 5.47. The molecule has 3 rings (SSSR count). The van der Waals surface area contributed by atoms with Crippen LogP contribution in [0.4, 0.5) is 5.69 Å². The normalized spacial score (nSPS) is 21.2. The van der Waals surface area contributed by atoms with Gasteiger partial charge >= 0.3 is 0 Å². The second kappa shape index (κ2) is 6.49. The number of fused-ring (bicyclic) bond motifs is 1. The quantitative estimate of drug-likeness (QED) is 0.914. The standard InChI is InChI=1S/C15H18N2O3S/c18-14(16-8-11-4-3-7-20-11)9-17-12-5-1-2-6-13(12)21-10-15(17)19/h1-2,5-6,11H,3-4,7-10H2,(H,16,18)/t11-/m0/s1. The highest BCUT2D eigenvalue weighted by atomic mass is 32.2. The maximum absolute atomic E-state index is 12.1. The molecule has 112 valence electrons. The first-order chi connectivity index (χ1) is 10.2. The van der Waals surface area contributed by atoms with Crippen molar-refractivity contribution in [2.45, 2.75) is 23.8 Å². The number of carbonyl (C=O) groups is 2. The number of nitrogens with one attached hydrogen (secondary N) is 1. The van der Waals surface area contributed by atoms with Crippen LogP contribution in [-0.4, -0.2) is 43.4 Å². The lowest BCUT2D eigenvalue weighted by Crippen LogP contribution is -2.44. The SMILES string of the molecule is O=C(CN1C(=O)CSc2ccccc21)NC[C@@H]1CCCO1. The molecule has 0 bridgehead atoms. The molecule has 0 saturated carbocycles. The van der Waals surface area contributed by atoms with Crippen LogP contribution in [0.2, 0.25) is 0 Å². The maximum atomic E-state index is 12.1. The number of hydrogen-bond acceptors (Lipinski definition) is 4. The second-order valence-electron chi connectivity index (χ2n) is 5.18. The van der Waals surface area contributed by atoms with Crippen LogP contribution >= 0.6 is 11.8 Å². The number of nitrogens with zero attached hydrogens (tertiary/aromatic N) is 1. The Bertz CT molecular complexity index is 543. The fourth-order valence-electron chi connectivity index (χ4n) is 2.56. The molecule has 2 aliphatic rings. The maximum Gasteiger partial charge on any atom is 0.240 e. The molecular formula is C15H18N2O3S. The zero-order valence-electron chi connectivity index (χ0n) is 11.7. The minimum absolute atomic E-state index is 0.0223. The first kappa shape index (κ1) is 14.4. The van der Waals surface area contributed by atoms with E-state index in [1.54, 1.807) is 4.90 Å². The molecule has 0 aromatic heterocycles. The summed E-state index contributed by atoms with van der Waals surface area (Å²) in [7, 11) is 0. The monoisotopic (exact) mass is 306 g/mol. The Balaban J connectivity index is 1.60. The van der Waals surface area contributed by atoms with Crippen LogP contribution in [0.25, 0.3) is 0 Å². The first-order valence-electron chi connectivity index (χ1n) is 7.14. The summed E-state index contributed by atoms with van der Waals surface area (Å²) in [5.41, 5.74) is 0.825. The van der Waals surface area contributed by atoms with Gasteiger partial charge in [0.2, 0.25) is 11.8 Å². The first-order valence-corrected chi connectivity index (χ1v) is 8.13. The summed E-state index contributed by atoms with van der Waals surface area (Å²) in [6.45, 7) is 1.37. The van der Waals surface area contributed by atoms with Crippen LogP contribution in [-0.2, 0) is 14.3 Å². The lowest BCUT2D eigenvalue weighted by molar-refractivity contribution is -0.123. The van der Waals surface area contributed by atoms with Gasteiger partial charge in [-0.15, -0.1) is 11.8 Å². The molecule has 0 radical (unpaired) electrons. The van der Waals surface area contributed by atoms with Crippen molar-refractivity contribution in [2.75, 3.05) is 30.3 Å². The molecule has 0 unspecified atom stereocenters. The van der Waals surface area contributed by atoms with Crippen LogP contribution in [0.15, 0.2) is 29.2 Å². The molecule has 1 aromatic carbocycles. The fraction of sp³-hybridized carbons (Fsp3) is 0.467. The van der Waals surface area contributed by atoms with E-state index in [0.717, 1.165) is 30.0 Å². The second-order valence-corrected chi connectivity index (χ2v) is 6.19. The Kier molecular flexibility index (Phi) is 4.45. The summed E-state index contributed by atoms with van der Waals surface area (Å²) in [5.74, 6) is 0.224. The van der Waals surface area contributed by atoms with E-state index in [4.69, 9.17) is 4.74 Å². The van der Waals surface area contributed by atoms with Crippen LogP contribution in [0.1, 0.15) is 12.8 Å². The van der Waals surface area contributed by atoms with E-state index in [1.165, 1.54) is 11.8 Å². The lowest BCUT2D eigenvalue weighted by atomic mass is 10.2. The van der Waals surface area contributed by atoms with Crippen molar-refractivity contribution < 1.29 is 14.3 Å². The number of ether oxygens (including phenoxy) is 1. The van der Waals surface area contributed by atoms with Gasteiger partial charge in [-0.3, -0.25) is 9.59 Å². The molecule has 1 atom stereocenters. The van der Waals surface area contributed by atoms with Crippen LogP contribution in [0, 0.1) is 0 Å². The third kappa shape index (κ3) is 3.39. The Labute approximate surface area is 128 Å². The number of rotatable bonds is 4. The Morgan fingerprint density at radius 2 is 2.29 bits per heavy atom. The predicted molar refractivity (Wildman–Crippen MR) is 81.5 cm³/mol. The van der Waals surface area contributed by atoms with Gasteiger partial charge in [0.1, 0.15) is 6.54 Å². The van der Waals surface area contributed by atoms with Crippen molar-refractivity contribution in [2.24, 2.45) is 0 Å². The van der Waals surface area contributed by atoms with Crippen molar-refractivity contribution >= 4 is 29.3 Å². The summed E-state index contributed by atoms with van der Waals surface area (Å²) >= 11 is 1.52. The van der Waals surface area contributed by atoms with Gasteiger partial charge in [0.25, 0.3) is 0 Å². The van der Waals surface area contributed by atoms with Crippen LogP contribution in [0.5, 0.6) is 0 Å². The highest BCUT2D eigenvalue weighted by Gasteiger charge is 2.26. The Hall–Kier alpha value is -1.53. The van der Waals surface area contributed by atoms with Gasteiger partial charge in [0.15, 0.2) is 0 Å². The summed E-state index contributed by atoms with van der Waals surface area (Å²) in [6.07, 6.45) is 2.16. The summed E-state index contributed by atoms with van der Waals surface area (Å²) in [4.78, 5) is 26.7. The number of amides is 2. The fourth-order valence-corrected chi connectivity index (χ4v) is 3.50. The van der Waals surface area contributed by atoms with Crippen LogP contribution < -0.4 is 10.2 Å². The highest BCUT2D eigenvalue weighted by Crippen LogP contribution is 2.34. The molecule has 0 spiro atoms. The van der Waals surface area contributed by atoms with Gasteiger partial charge in [-0.2, -0.15) is 0 Å². The Morgan fingerprint density at radius 3 is 3.10 bits per heavy atom. The van der Waals surface area contributed by atoms with Crippen molar-refractivity contribution in [3.8, 4) is 0 Å². The predicted octanol–water partition coefficient (Wildman–Crippen LogP) is 1.42. The molecule has 1 aromatic rings. The number of thioether (sulfide) groups is 1. The summed E-state index contributed by atoms with van der Waals surface area (Å²) in [6, 6.07) is 7.68. The molecule has 1 N–H and O–H groups in total. The van der Waals surface area contributed by atoms with Crippen molar-refractivity contribution in [1.82, 2.24) is 5.32 Å². The molecule has 6 heteroatoms. The molecule has 5 nitrogen and oxygen atoms in total. The minimum Gasteiger partial charge on any atom is -0.376 e. The van der Waals surface area contributed by atoms with E-state index in [9.17, 15) is 9.59 Å². The van der Waals surface area contributed by atoms with E-state index in [1.807, 2.05) is 24.3 Å². The summed E-state index contributed by atoms with van der Waals surface area (Å²) in [5, 5.41) is 2.86. The molecule has 2 amide bonds. The van der Waals surface area contributed by atoms with Gasteiger partial charge in [-0.25, -0.2) is 0 Å². The van der Waals surface area contributed by atoms with Crippen molar-refractivity contribution in [3.63, 3.8) is 0 Å². The topological polar surface area (TPSA) is 58.6 Å². The van der Waals surface area contributed by atoms with Gasteiger partial charge in [-0.05, 0) is 25.0 Å². The van der Waals surface area contributed by atoms with Gasteiger partial charge in [-0.1, -0.05) is 12.1 Å². The van der Waals surface area contributed by atoms with Gasteiger partial charge < -0.3 is 15.0 Å². The number of benzene rings is 1. The van der Waals surface area contributed by atoms with Crippen molar-refractivity contribution in [3.05, 3.63) is 24.3 Å². The number of anilines is 1. The highest BCUT2D eigenvalue weighted by molar-refractivity contribution is 8.00. The van der Waals surface area contributed by atoms with E-state index >= 15 is 0 Å². The van der Waals surface area contributed by atoms with Crippen molar-refractivity contribution in [1.29, 1.82) is 0 Å². The molecule has 1 fully saturated rings. The number of carbonyl (C=O) groups excluding carboxylic acids is 2. The molecule has 1 saturated heterocycles. The smallest absolute Gasteiger partial charge is 0.240 e. The number of para-hydroxylation sites is 1. The van der Waals surface area contributed by atoms with E-state index in [2.05, 4.69) is 5.32 Å². The average molecular weight is 306 g/mol. The molecule has 0 aliphatic carbocycles. The molecule has 2 aliphatic heterocycles. The van der Waals surface area contributed by atoms with E-state index in [-0.39, 0.29) is 24.5 Å². The van der Waals surface area contributed by atoms with Gasteiger partial charge in [0.05, 0.1) is 17.5 Å². The zero-order chi connectivity index (χ0) is 14.7. The molecule has 2 heterocycles. The van der Waals surface area contributed by atoms with Gasteiger partial charge in [0, 0.05) is 18.0 Å².